The Bertz CT molecular complexity index is 357. The van der Waals surface area contributed by atoms with E-state index < -0.39 is 0 Å². The summed E-state index contributed by atoms with van der Waals surface area (Å²) in [5.41, 5.74) is 1.54. The zero-order valence-corrected chi connectivity index (χ0v) is 9.52. The van der Waals surface area contributed by atoms with Gasteiger partial charge in [0.2, 0.25) is 0 Å². The number of Topliss-reactive ketones (excluding diaryl/α,β-unsaturated/α-hetero) is 1. The third-order valence-corrected chi connectivity index (χ3v) is 2.21. The zero-order valence-electron chi connectivity index (χ0n) is 9.52. The molecule has 0 radical (unpaired) electrons. The summed E-state index contributed by atoms with van der Waals surface area (Å²) < 4.78 is 0. The van der Waals surface area contributed by atoms with Gasteiger partial charge in [0.05, 0.1) is 0 Å². The van der Waals surface area contributed by atoms with Crippen LogP contribution in [0.4, 0.5) is 0 Å². The zero-order chi connectivity index (χ0) is 11.8. The SMILES string of the molecule is CC(CC(=O)c1ccccc1)=NCCCO. The fourth-order valence-corrected chi connectivity index (χ4v) is 1.35. The molecule has 0 saturated carbocycles. The Labute approximate surface area is 95.8 Å². The molecule has 1 aromatic rings. The summed E-state index contributed by atoms with van der Waals surface area (Å²) in [5, 5.41) is 8.60. The van der Waals surface area contributed by atoms with Crippen molar-refractivity contribution in [1.29, 1.82) is 0 Å². The fourth-order valence-electron chi connectivity index (χ4n) is 1.35. The number of aliphatic hydroxyl groups is 1. The number of carbonyl (C=O) groups excluding carboxylic acids is 1. The maximum atomic E-state index is 11.8. The highest BCUT2D eigenvalue weighted by Crippen LogP contribution is 2.04. The lowest BCUT2D eigenvalue weighted by atomic mass is 10.1. The second-order valence-electron chi connectivity index (χ2n) is 3.66. The van der Waals surface area contributed by atoms with Crippen molar-refractivity contribution < 1.29 is 9.90 Å². The maximum Gasteiger partial charge on any atom is 0.168 e. The highest BCUT2D eigenvalue weighted by molar-refractivity contribution is 6.08. The van der Waals surface area contributed by atoms with E-state index in [1.807, 2.05) is 37.3 Å². The molecule has 0 aromatic heterocycles. The van der Waals surface area contributed by atoms with E-state index in [2.05, 4.69) is 4.99 Å². The van der Waals surface area contributed by atoms with Crippen molar-refractivity contribution in [2.45, 2.75) is 19.8 Å². The number of benzene rings is 1. The molecule has 1 aromatic carbocycles. The van der Waals surface area contributed by atoms with E-state index in [-0.39, 0.29) is 12.4 Å². The summed E-state index contributed by atoms with van der Waals surface area (Å²) in [5.74, 6) is 0.0887. The van der Waals surface area contributed by atoms with Crippen molar-refractivity contribution >= 4 is 11.5 Å². The van der Waals surface area contributed by atoms with E-state index in [0.717, 1.165) is 11.3 Å². The Hall–Kier alpha value is -1.48. The lowest BCUT2D eigenvalue weighted by molar-refractivity contribution is 0.100. The second kappa shape index (κ2) is 6.90. The van der Waals surface area contributed by atoms with Gasteiger partial charge in [-0.25, -0.2) is 0 Å². The Morgan fingerprint density at radius 3 is 2.62 bits per heavy atom. The normalized spacial score (nSPS) is 11.5. The van der Waals surface area contributed by atoms with Crippen molar-refractivity contribution in [3.8, 4) is 0 Å². The van der Waals surface area contributed by atoms with Crippen molar-refractivity contribution in [1.82, 2.24) is 0 Å². The average molecular weight is 219 g/mol. The molecular formula is C13H17NO2. The van der Waals surface area contributed by atoms with Crippen LogP contribution in [0.25, 0.3) is 0 Å². The molecule has 0 fully saturated rings. The molecule has 0 amide bonds. The minimum Gasteiger partial charge on any atom is -0.396 e. The molecule has 1 rings (SSSR count). The van der Waals surface area contributed by atoms with Gasteiger partial charge in [-0.1, -0.05) is 30.3 Å². The fraction of sp³-hybridized carbons (Fsp3) is 0.385. The predicted molar refractivity (Wildman–Crippen MR) is 65.1 cm³/mol. The highest BCUT2D eigenvalue weighted by Gasteiger charge is 2.05. The standard InChI is InChI=1S/C13H17NO2/c1-11(14-8-5-9-15)10-13(16)12-6-3-2-4-7-12/h2-4,6-7,15H,5,8-10H2,1H3. The van der Waals surface area contributed by atoms with Gasteiger partial charge in [-0.2, -0.15) is 0 Å². The van der Waals surface area contributed by atoms with Gasteiger partial charge in [-0.15, -0.1) is 0 Å². The smallest absolute Gasteiger partial charge is 0.168 e. The van der Waals surface area contributed by atoms with E-state index in [9.17, 15) is 4.79 Å². The minimum atomic E-state index is 0.0887. The maximum absolute atomic E-state index is 11.8. The van der Waals surface area contributed by atoms with Gasteiger partial charge in [0.1, 0.15) is 0 Å². The van der Waals surface area contributed by atoms with Gasteiger partial charge in [0.25, 0.3) is 0 Å². The van der Waals surface area contributed by atoms with Gasteiger partial charge in [-0.3, -0.25) is 9.79 Å². The van der Waals surface area contributed by atoms with Crippen LogP contribution in [-0.2, 0) is 0 Å². The topological polar surface area (TPSA) is 49.7 Å². The summed E-state index contributed by atoms with van der Waals surface area (Å²) in [6.07, 6.45) is 1.01. The Kier molecular flexibility index (Phi) is 5.43. The third kappa shape index (κ3) is 4.36. The number of carbonyl (C=O) groups is 1. The van der Waals surface area contributed by atoms with Gasteiger partial charge in [0, 0.05) is 30.8 Å². The first kappa shape index (κ1) is 12.6. The average Bonchev–Trinajstić information content (AvgIpc) is 2.30. The first-order chi connectivity index (χ1) is 7.74. The molecule has 0 atom stereocenters. The number of rotatable bonds is 6. The molecule has 0 aliphatic heterocycles. The van der Waals surface area contributed by atoms with Crippen LogP contribution in [0.5, 0.6) is 0 Å². The first-order valence-corrected chi connectivity index (χ1v) is 5.43. The van der Waals surface area contributed by atoms with E-state index in [1.165, 1.54) is 0 Å². The van der Waals surface area contributed by atoms with Crippen LogP contribution in [-0.4, -0.2) is 29.8 Å². The molecule has 0 heterocycles. The summed E-state index contributed by atoms with van der Waals surface area (Å²) in [7, 11) is 0. The Morgan fingerprint density at radius 1 is 1.31 bits per heavy atom. The number of aliphatic imine (C=N–C) groups is 1. The third-order valence-electron chi connectivity index (χ3n) is 2.21. The minimum absolute atomic E-state index is 0.0887. The van der Waals surface area contributed by atoms with Crippen LogP contribution in [0.1, 0.15) is 30.1 Å². The molecule has 3 nitrogen and oxygen atoms in total. The van der Waals surface area contributed by atoms with E-state index in [1.54, 1.807) is 0 Å². The summed E-state index contributed by atoms with van der Waals surface area (Å²) in [6.45, 7) is 2.58. The molecule has 0 bridgehead atoms. The van der Waals surface area contributed by atoms with Crippen molar-refractivity contribution in [3.63, 3.8) is 0 Å². The number of hydrogen-bond acceptors (Lipinski definition) is 3. The molecule has 0 unspecified atom stereocenters. The number of ketones is 1. The Morgan fingerprint density at radius 2 is 2.00 bits per heavy atom. The molecule has 16 heavy (non-hydrogen) atoms. The predicted octanol–water partition coefficient (Wildman–Crippen LogP) is 2.10. The molecule has 86 valence electrons. The van der Waals surface area contributed by atoms with Gasteiger partial charge in [0.15, 0.2) is 5.78 Å². The molecule has 1 N–H and O–H groups in total. The van der Waals surface area contributed by atoms with Crippen LogP contribution >= 0.6 is 0 Å². The van der Waals surface area contributed by atoms with Crippen LogP contribution in [0, 0.1) is 0 Å². The quantitative estimate of drug-likeness (QED) is 0.452. The van der Waals surface area contributed by atoms with E-state index >= 15 is 0 Å². The molecule has 0 spiro atoms. The lowest BCUT2D eigenvalue weighted by Crippen LogP contribution is -2.06. The molecule has 0 aliphatic carbocycles. The van der Waals surface area contributed by atoms with Crippen molar-refractivity contribution in [2.75, 3.05) is 13.2 Å². The number of aliphatic hydroxyl groups excluding tert-OH is 1. The summed E-state index contributed by atoms with van der Waals surface area (Å²) in [4.78, 5) is 16.0. The summed E-state index contributed by atoms with van der Waals surface area (Å²) >= 11 is 0. The van der Waals surface area contributed by atoms with E-state index in [0.29, 0.717) is 19.4 Å². The van der Waals surface area contributed by atoms with Crippen LogP contribution < -0.4 is 0 Å². The first-order valence-electron chi connectivity index (χ1n) is 5.43. The van der Waals surface area contributed by atoms with Gasteiger partial charge >= 0.3 is 0 Å². The van der Waals surface area contributed by atoms with E-state index in [4.69, 9.17) is 5.11 Å². The largest absolute Gasteiger partial charge is 0.396 e. The van der Waals surface area contributed by atoms with Crippen LogP contribution in [0.15, 0.2) is 35.3 Å². The molecule has 3 heteroatoms. The van der Waals surface area contributed by atoms with Gasteiger partial charge in [-0.05, 0) is 13.3 Å². The number of hydrogen-bond donors (Lipinski definition) is 1. The second-order valence-corrected chi connectivity index (χ2v) is 3.66. The number of nitrogens with zero attached hydrogens (tertiary/aromatic N) is 1. The monoisotopic (exact) mass is 219 g/mol. The van der Waals surface area contributed by atoms with Crippen molar-refractivity contribution in [2.24, 2.45) is 4.99 Å². The highest BCUT2D eigenvalue weighted by atomic mass is 16.3. The van der Waals surface area contributed by atoms with Crippen LogP contribution in [0.3, 0.4) is 0 Å². The Balaban J connectivity index is 2.48. The molecule has 0 saturated heterocycles. The van der Waals surface area contributed by atoms with Gasteiger partial charge < -0.3 is 5.11 Å². The van der Waals surface area contributed by atoms with Crippen LogP contribution in [0.2, 0.25) is 0 Å². The van der Waals surface area contributed by atoms with Crippen molar-refractivity contribution in [3.05, 3.63) is 35.9 Å². The lowest BCUT2D eigenvalue weighted by Gasteiger charge is -2.01. The molecule has 0 aliphatic rings. The molecular weight excluding hydrogens is 202 g/mol. The summed E-state index contributed by atoms with van der Waals surface area (Å²) in [6, 6.07) is 9.21.